The fraction of sp³-hybridized carbons (Fsp3) is 0.200. The van der Waals surface area contributed by atoms with E-state index in [1.807, 2.05) is 59.5 Å². The lowest BCUT2D eigenvalue weighted by Gasteiger charge is -2.16. The van der Waals surface area contributed by atoms with Crippen LogP contribution in [0.15, 0.2) is 54.6 Å². The number of likely N-dealkylation sites (tertiary alicyclic amines) is 1. The number of fused-ring (bicyclic) bond motifs is 1. The molecule has 1 aromatic heterocycles. The molecule has 5 nitrogen and oxygen atoms in total. The number of para-hydroxylation sites is 1. The summed E-state index contributed by atoms with van der Waals surface area (Å²) in [7, 11) is 0. The number of hydrogen-bond donors (Lipinski definition) is 2. The van der Waals surface area contributed by atoms with Gasteiger partial charge in [0.05, 0.1) is 0 Å². The zero-order valence-electron chi connectivity index (χ0n) is 13.8. The number of benzene rings is 2. The van der Waals surface area contributed by atoms with Gasteiger partial charge in [-0.05, 0) is 36.2 Å². The van der Waals surface area contributed by atoms with Crippen molar-refractivity contribution in [2.75, 3.05) is 11.9 Å². The highest BCUT2D eigenvalue weighted by atomic mass is 16.2. The molecule has 5 heteroatoms. The Balaban J connectivity index is 1.49. The predicted molar refractivity (Wildman–Crippen MR) is 97.3 cm³/mol. The zero-order valence-corrected chi connectivity index (χ0v) is 13.8. The first-order valence-electron chi connectivity index (χ1n) is 8.45. The zero-order chi connectivity index (χ0) is 17.2. The first kappa shape index (κ1) is 15.4. The Morgan fingerprint density at radius 1 is 1.12 bits per heavy atom. The van der Waals surface area contributed by atoms with Gasteiger partial charge in [0.15, 0.2) is 0 Å². The molecule has 126 valence electrons. The van der Waals surface area contributed by atoms with Crippen molar-refractivity contribution in [3.63, 3.8) is 0 Å². The fourth-order valence-corrected chi connectivity index (χ4v) is 3.23. The number of nitrogens with zero attached hydrogens (tertiary/aromatic N) is 1. The number of carbonyl (C=O) groups excluding carboxylic acids is 2. The van der Waals surface area contributed by atoms with E-state index >= 15 is 0 Å². The first-order chi connectivity index (χ1) is 12.2. The van der Waals surface area contributed by atoms with E-state index in [0.717, 1.165) is 35.1 Å². The minimum atomic E-state index is -0.175. The normalized spacial score (nSPS) is 14.2. The van der Waals surface area contributed by atoms with Crippen LogP contribution in [-0.4, -0.2) is 28.2 Å². The minimum Gasteiger partial charge on any atom is -0.351 e. The average molecular weight is 333 g/mol. The third-order valence-electron chi connectivity index (χ3n) is 4.50. The Bertz CT molecular complexity index is 912. The summed E-state index contributed by atoms with van der Waals surface area (Å²) in [6.07, 6.45) is 1.56. The minimum absolute atomic E-state index is 0.175. The Kier molecular flexibility index (Phi) is 3.98. The molecule has 2 aromatic carbocycles. The van der Waals surface area contributed by atoms with Crippen LogP contribution in [0.3, 0.4) is 0 Å². The highest BCUT2D eigenvalue weighted by Gasteiger charge is 2.20. The molecule has 0 unspecified atom stereocenters. The van der Waals surface area contributed by atoms with Crippen LogP contribution in [0, 0.1) is 0 Å². The summed E-state index contributed by atoms with van der Waals surface area (Å²) >= 11 is 0. The van der Waals surface area contributed by atoms with Crippen LogP contribution in [0.25, 0.3) is 10.9 Å². The molecule has 25 heavy (non-hydrogen) atoms. The molecule has 0 bridgehead atoms. The Hall–Kier alpha value is -3.08. The summed E-state index contributed by atoms with van der Waals surface area (Å²) in [6.45, 7) is 1.40. The highest BCUT2D eigenvalue weighted by molar-refractivity contribution is 6.05. The van der Waals surface area contributed by atoms with Crippen molar-refractivity contribution >= 4 is 28.4 Å². The van der Waals surface area contributed by atoms with E-state index in [0.29, 0.717) is 18.7 Å². The lowest BCUT2D eigenvalue weighted by Crippen LogP contribution is -2.23. The molecule has 1 aliphatic rings. The van der Waals surface area contributed by atoms with Gasteiger partial charge in [0.1, 0.15) is 5.69 Å². The Morgan fingerprint density at radius 2 is 2.00 bits per heavy atom. The molecule has 3 aromatic rings. The predicted octanol–water partition coefficient (Wildman–Crippen LogP) is 3.54. The summed E-state index contributed by atoms with van der Waals surface area (Å²) in [6, 6.07) is 17.3. The SMILES string of the molecule is O=C(Nc1cccc(CN2CCCC2=O)c1)c1cc2ccccc2[nH]1. The second-order valence-corrected chi connectivity index (χ2v) is 6.34. The maximum absolute atomic E-state index is 12.5. The summed E-state index contributed by atoms with van der Waals surface area (Å²) in [5.41, 5.74) is 3.22. The molecule has 0 atom stereocenters. The van der Waals surface area contributed by atoms with Gasteiger partial charge in [-0.15, -0.1) is 0 Å². The van der Waals surface area contributed by atoms with Crippen LogP contribution in [0.4, 0.5) is 5.69 Å². The summed E-state index contributed by atoms with van der Waals surface area (Å²) in [5, 5.41) is 3.93. The van der Waals surface area contributed by atoms with E-state index in [9.17, 15) is 9.59 Å². The van der Waals surface area contributed by atoms with Gasteiger partial charge in [0.2, 0.25) is 5.91 Å². The highest BCUT2D eigenvalue weighted by Crippen LogP contribution is 2.19. The number of nitrogens with one attached hydrogen (secondary N) is 2. The van der Waals surface area contributed by atoms with Crippen LogP contribution < -0.4 is 5.32 Å². The number of aromatic nitrogens is 1. The average Bonchev–Trinajstić information content (AvgIpc) is 3.22. The topological polar surface area (TPSA) is 65.2 Å². The third-order valence-corrected chi connectivity index (χ3v) is 4.50. The van der Waals surface area contributed by atoms with Crippen molar-refractivity contribution in [2.24, 2.45) is 0 Å². The standard InChI is InChI=1S/C20H19N3O2/c24-19-9-4-10-23(19)13-14-5-3-7-16(11-14)21-20(25)18-12-15-6-1-2-8-17(15)22-18/h1-3,5-8,11-12,22H,4,9-10,13H2,(H,21,25). The summed E-state index contributed by atoms with van der Waals surface area (Å²) < 4.78 is 0. The smallest absolute Gasteiger partial charge is 0.272 e. The molecule has 0 radical (unpaired) electrons. The monoisotopic (exact) mass is 333 g/mol. The van der Waals surface area contributed by atoms with Gasteiger partial charge >= 0.3 is 0 Å². The Morgan fingerprint density at radius 3 is 2.80 bits per heavy atom. The lowest BCUT2D eigenvalue weighted by atomic mass is 10.2. The van der Waals surface area contributed by atoms with E-state index in [4.69, 9.17) is 0 Å². The second-order valence-electron chi connectivity index (χ2n) is 6.34. The van der Waals surface area contributed by atoms with Crippen LogP contribution in [-0.2, 0) is 11.3 Å². The molecule has 1 aliphatic heterocycles. The van der Waals surface area contributed by atoms with Gasteiger partial charge in [-0.3, -0.25) is 9.59 Å². The molecule has 0 spiro atoms. The van der Waals surface area contributed by atoms with E-state index in [1.165, 1.54) is 0 Å². The van der Waals surface area contributed by atoms with Crippen LogP contribution in [0.1, 0.15) is 28.9 Å². The molecule has 2 heterocycles. The molecule has 0 saturated carbocycles. The molecule has 0 aliphatic carbocycles. The van der Waals surface area contributed by atoms with Crippen molar-refractivity contribution in [3.05, 3.63) is 65.9 Å². The van der Waals surface area contributed by atoms with E-state index in [2.05, 4.69) is 10.3 Å². The van der Waals surface area contributed by atoms with Crippen molar-refractivity contribution in [3.8, 4) is 0 Å². The summed E-state index contributed by atoms with van der Waals surface area (Å²) in [5.74, 6) is 0.0260. The number of hydrogen-bond acceptors (Lipinski definition) is 2. The van der Waals surface area contributed by atoms with Crippen molar-refractivity contribution in [1.29, 1.82) is 0 Å². The van der Waals surface area contributed by atoms with Crippen LogP contribution in [0.2, 0.25) is 0 Å². The number of aromatic amines is 1. The summed E-state index contributed by atoms with van der Waals surface area (Å²) in [4.78, 5) is 29.2. The van der Waals surface area contributed by atoms with Crippen LogP contribution in [0.5, 0.6) is 0 Å². The number of H-pyrrole nitrogens is 1. The molecular formula is C20H19N3O2. The van der Waals surface area contributed by atoms with Gasteiger partial charge in [-0.1, -0.05) is 30.3 Å². The van der Waals surface area contributed by atoms with E-state index in [-0.39, 0.29) is 11.8 Å². The first-order valence-corrected chi connectivity index (χ1v) is 8.45. The van der Waals surface area contributed by atoms with Gasteiger partial charge in [-0.2, -0.15) is 0 Å². The van der Waals surface area contributed by atoms with Crippen molar-refractivity contribution in [2.45, 2.75) is 19.4 Å². The van der Waals surface area contributed by atoms with E-state index in [1.54, 1.807) is 0 Å². The second kappa shape index (κ2) is 6.43. The van der Waals surface area contributed by atoms with E-state index < -0.39 is 0 Å². The van der Waals surface area contributed by atoms with Crippen molar-refractivity contribution < 1.29 is 9.59 Å². The molecule has 2 amide bonds. The third kappa shape index (κ3) is 3.26. The number of rotatable bonds is 4. The molecule has 1 fully saturated rings. The van der Waals surface area contributed by atoms with Crippen LogP contribution >= 0.6 is 0 Å². The van der Waals surface area contributed by atoms with Gasteiger partial charge in [0, 0.05) is 36.1 Å². The lowest BCUT2D eigenvalue weighted by molar-refractivity contribution is -0.128. The number of amides is 2. The van der Waals surface area contributed by atoms with Crippen molar-refractivity contribution in [1.82, 2.24) is 9.88 Å². The fourth-order valence-electron chi connectivity index (χ4n) is 3.23. The van der Waals surface area contributed by atoms with Gasteiger partial charge < -0.3 is 15.2 Å². The quantitative estimate of drug-likeness (QED) is 0.767. The number of carbonyl (C=O) groups is 2. The maximum atomic E-state index is 12.5. The molecule has 4 rings (SSSR count). The molecular weight excluding hydrogens is 314 g/mol. The molecule has 1 saturated heterocycles. The maximum Gasteiger partial charge on any atom is 0.272 e. The number of anilines is 1. The van der Waals surface area contributed by atoms with Gasteiger partial charge in [0.25, 0.3) is 5.91 Å². The van der Waals surface area contributed by atoms with Gasteiger partial charge in [-0.25, -0.2) is 0 Å². The molecule has 2 N–H and O–H groups in total. The Labute approximate surface area is 145 Å². The largest absolute Gasteiger partial charge is 0.351 e.